The molecule has 6 heteroatoms. The highest BCUT2D eigenvalue weighted by Gasteiger charge is 2.22. The van der Waals surface area contributed by atoms with Gasteiger partial charge in [-0.2, -0.15) is 0 Å². The normalized spacial score (nSPS) is 17.2. The van der Waals surface area contributed by atoms with Gasteiger partial charge in [0.25, 0.3) is 0 Å². The summed E-state index contributed by atoms with van der Waals surface area (Å²) in [4.78, 5) is 0. The van der Waals surface area contributed by atoms with Gasteiger partial charge in [-0.15, -0.1) is 0 Å². The van der Waals surface area contributed by atoms with Gasteiger partial charge in [-0.05, 0) is 0 Å². The molecule has 0 bridgehead atoms. The molecular weight excluding hydrogens is 168 g/mol. The Morgan fingerprint density at radius 3 is 1.25 bits per heavy atom. The first-order chi connectivity index (χ1) is 5.63. The average Bonchev–Trinajstić information content (AvgIpc) is 2.17. The molecule has 3 atom stereocenters. The van der Waals surface area contributed by atoms with Crippen LogP contribution in [0.5, 0.6) is 0 Å². The second kappa shape index (κ2) is 8.85. The fraction of sp³-hybridized carbons (Fsp3) is 1.00. The molecule has 0 radical (unpaired) electrons. The van der Waals surface area contributed by atoms with E-state index in [-0.39, 0.29) is 0 Å². The Bertz CT molecular complexity index is 78.1. The van der Waals surface area contributed by atoms with E-state index in [0.717, 1.165) is 7.11 Å². The summed E-state index contributed by atoms with van der Waals surface area (Å²) in [7, 11) is 1.00. The van der Waals surface area contributed by atoms with Crippen LogP contribution in [0.25, 0.3) is 0 Å². The van der Waals surface area contributed by atoms with Gasteiger partial charge in [0.2, 0.25) is 0 Å². The summed E-state index contributed by atoms with van der Waals surface area (Å²) in [5.41, 5.74) is 0. The van der Waals surface area contributed by atoms with Gasteiger partial charge in [0.05, 0.1) is 13.2 Å². The minimum atomic E-state index is -1.49. The van der Waals surface area contributed by atoms with Crippen LogP contribution in [0.4, 0.5) is 0 Å². The van der Waals surface area contributed by atoms with E-state index in [1.165, 1.54) is 0 Å². The van der Waals surface area contributed by atoms with Gasteiger partial charge < -0.3 is 30.6 Å². The van der Waals surface area contributed by atoms with E-state index < -0.39 is 31.5 Å². The molecule has 0 aromatic carbocycles. The number of aliphatic hydroxyl groups is 6. The van der Waals surface area contributed by atoms with Crippen molar-refractivity contribution in [1.82, 2.24) is 0 Å². The van der Waals surface area contributed by atoms with Crippen LogP contribution >= 0.6 is 0 Å². The largest absolute Gasteiger partial charge is 0.400 e. The van der Waals surface area contributed by atoms with Crippen molar-refractivity contribution >= 4 is 0 Å². The summed E-state index contributed by atoms with van der Waals surface area (Å²) in [6.45, 7) is -1.28. The van der Waals surface area contributed by atoms with E-state index in [4.69, 9.17) is 30.6 Å². The molecular formula is C6H16O6. The van der Waals surface area contributed by atoms with Crippen molar-refractivity contribution in [3.05, 3.63) is 0 Å². The third kappa shape index (κ3) is 5.42. The van der Waals surface area contributed by atoms with E-state index in [9.17, 15) is 0 Å². The average molecular weight is 184 g/mol. The number of aliphatic hydroxyl groups excluding tert-OH is 6. The van der Waals surface area contributed by atoms with Crippen molar-refractivity contribution in [3.63, 3.8) is 0 Å². The molecule has 0 aromatic heterocycles. The molecule has 0 heterocycles. The van der Waals surface area contributed by atoms with Crippen molar-refractivity contribution in [3.8, 4) is 0 Å². The summed E-state index contributed by atoms with van der Waals surface area (Å²) in [5, 5.41) is 49.6. The number of rotatable bonds is 4. The third-order valence-electron chi connectivity index (χ3n) is 1.16. The Labute approximate surface area is 70.3 Å². The molecule has 0 aliphatic rings. The fourth-order valence-corrected chi connectivity index (χ4v) is 0.472. The molecule has 76 valence electrons. The smallest absolute Gasteiger partial charge is 0.110 e. The summed E-state index contributed by atoms with van der Waals surface area (Å²) < 4.78 is 0. The minimum absolute atomic E-state index is 0.641. The number of hydrogen-bond donors (Lipinski definition) is 6. The van der Waals surface area contributed by atoms with Gasteiger partial charge in [0.1, 0.15) is 18.3 Å². The zero-order chi connectivity index (χ0) is 10.1. The molecule has 0 spiro atoms. The summed E-state index contributed by atoms with van der Waals surface area (Å²) in [6.07, 6.45) is -4.29. The molecule has 0 aliphatic heterocycles. The Kier molecular flexibility index (Phi) is 10.5. The lowest BCUT2D eigenvalue weighted by molar-refractivity contribution is -0.0900. The molecule has 0 aliphatic carbocycles. The zero-order valence-corrected chi connectivity index (χ0v) is 6.83. The van der Waals surface area contributed by atoms with Crippen molar-refractivity contribution in [1.29, 1.82) is 0 Å². The molecule has 0 fully saturated rings. The summed E-state index contributed by atoms with van der Waals surface area (Å²) >= 11 is 0. The number of hydrogen-bond acceptors (Lipinski definition) is 6. The van der Waals surface area contributed by atoms with Crippen LogP contribution in [0.3, 0.4) is 0 Å². The van der Waals surface area contributed by atoms with Crippen molar-refractivity contribution in [2.45, 2.75) is 18.3 Å². The van der Waals surface area contributed by atoms with Crippen molar-refractivity contribution < 1.29 is 30.6 Å². The van der Waals surface area contributed by atoms with Crippen LogP contribution in [0.15, 0.2) is 0 Å². The molecule has 0 aromatic rings. The second-order valence-corrected chi connectivity index (χ2v) is 1.99. The fourth-order valence-electron chi connectivity index (χ4n) is 0.472. The first kappa shape index (κ1) is 14.3. The van der Waals surface area contributed by atoms with Crippen LogP contribution in [0, 0.1) is 0 Å². The molecule has 6 nitrogen and oxygen atoms in total. The SMILES string of the molecule is CO.OC[C@@H](O)[C@H](O)[C@@H](O)CO. The lowest BCUT2D eigenvalue weighted by Crippen LogP contribution is -2.41. The van der Waals surface area contributed by atoms with Gasteiger partial charge in [-0.3, -0.25) is 0 Å². The van der Waals surface area contributed by atoms with E-state index in [1.807, 2.05) is 0 Å². The highest BCUT2D eigenvalue weighted by molar-refractivity contribution is 4.73. The maximum atomic E-state index is 8.77. The molecule has 0 saturated heterocycles. The van der Waals surface area contributed by atoms with Gasteiger partial charge in [0.15, 0.2) is 0 Å². The molecule has 12 heavy (non-hydrogen) atoms. The van der Waals surface area contributed by atoms with E-state index >= 15 is 0 Å². The van der Waals surface area contributed by atoms with Gasteiger partial charge >= 0.3 is 0 Å². The van der Waals surface area contributed by atoms with Crippen LogP contribution in [-0.2, 0) is 0 Å². The first-order valence-electron chi connectivity index (χ1n) is 3.34. The van der Waals surface area contributed by atoms with Crippen molar-refractivity contribution in [2.24, 2.45) is 0 Å². The summed E-state index contributed by atoms with van der Waals surface area (Å²) in [6, 6.07) is 0. The quantitative estimate of drug-likeness (QED) is 0.272. The standard InChI is InChI=1S/C5H12O5.CH4O/c6-1-3(8)5(10)4(9)2-7;1-2/h3-10H,1-2H2;2H,1H3/t3-,4+,5+;. The lowest BCUT2D eigenvalue weighted by Gasteiger charge is -2.19. The molecule has 0 saturated carbocycles. The summed E-state index contributed by atoms with van der Waals surface area (Å²) in [5.74, 6) is 0. The van der Waals surface area contributed by atoms with E-state index in [0.29, 0.717) is 0 Å². The van der Waals surface area contributed by atoms with Crippen LogP contribution < -0.4 is 0 Å². The lowest BCUT2D eigenvalue weighted by atomic mass is 10.1. The topological polar surface area (TPSA) is 121 Å². The molecule has 0 rings (SSSR count). The van der Waals surface area contributed by atoms with Crippen LogP contribution in [0.1, 0.15) is 0 Å². The highest BCUT2D eigenvalue weighted by atomic mass is 16.4. The Morgan fingerprint density at radius 1 is 0.833 bits per heavy atom. The van der Waals surface area contributed by atoms with Crippen molar-refractivity contribution in [2.75, 3.05) is 20.3 Å². The third-order valence-corrected chi connectivity index (χ3v) is 1.16. The van der Waals surface area contributed by atoms with Gasteiger partial charge in [0, 0.05) is 7.11 Å². The van der Waals surface area contributed by atoms with E-state index in [2.05, 4.69) is 0 Å². The molecule has 6 N–H and O–H groups in total. The van der Waals surface area contributed by atoms with Gasteiger partial charge in [-0.25, -0.2) is 0 Å². The van der Waals surface area contributed by atoms with Crippen LogP contribution in [-0.4, -0.2) is 69.3 Å². The minimum Gasteiger partial charge on any atom is -0.400 e. The predicted molar refractivity (Wildman–Crippen MR) is 40.3 cm³/mol. The first-order valence-corrected chi connectivity index (χ1v) is 3.34. The predicted octanol–water partition coefficient (Wildman–Crippen LogP) is -3.34. The van der Waals surface area contributed by atoms with Crippen LogP contribution in [0.2, 0.25) is 0 Å². The maximum absolute atomic E-state index is 8.77. The Morgan fingerprint density at radius 2 is 1.08 bits per heavy atom. The highest BCUT2D eigenvalue weighted by Crippen LogP contribution is 1.97. The Balaban J connectivity index is 0. The molecule has 0 amide bonds. The maximum Gasteiger partial charge on any atom is 0.110 e. The zero-order valence-electron chi connectivity index (χ0n) is 6.83. The molecule has 0 unspecified atom stereocenters. The second-order valence-electron chi connectivity index (χ2n) is 1.99. The Hall–Kier alpha value is -0.240. The monoisotopic (exact) mass is 184 g/mol. The van der Waals surface area contributed by atoms with Gasteiger partial charge in [-0.1, -0.05) is 0 Å². The van der Waals surface area contributed by atoms with E-state index in [1.54, 1.807) is 0 Å².